The third-order valence-corrected chi connectivity index (χ3v) is 1.17. The highest BCUT2D eigenvalue weighted by Crippen LogP contribution is 2.12. The number of guanidine groups is 1. The lowest BCUT2D eigenvalue weighted by molar-refractivity contribution is 0.425. The van der Waals surface area contributed by atoms with E-state index in [0.29, 0.717) is 5.96 Å². The van der Waals surface area contributed by atoms with Crippen molar-refractivity contribution in [3.63, 3.8) is 0 Å². The van der Waals surface area contributed by atoms with Crippen LogP contribution >= 0.6 is 0 Å². The summed E-state index contributed by atoms with van der Waals surface area (Å²) in [5.74, 6) is 0.597. The van der Waals surface area contributed by atoms with Crippen molar-refractivity contribution in [2.24, 2.45) is 16.1 Å². The minimum atomic E-state index is 0.223. The number of hydrogen-bond acceptors (Lipinski definition) is 1. The highest BCUT2D eigenvalue weighted by molar-refractivity contribution is 5.77. The van der Waals surface area contributed by atoms with Gasteiger partial charge in [0.05, 0.1) is 0 Å². The molecule has 0 rings (SSSR count). The first-order valence-electron chi connectivity index (χ1n) is 3.80. The first-order valence-corrected chi connectivity index (χ1v) is 3.80. The Hall–Kier alpha value is -0.730. The fourth-order valence-corrected chi connectivity index (χ4v) is 0.460. The number of hydrogen-bond donors (Lipinski definition) is 1. The van der Waals surface area contributed by atoms with Gasteiger partial charge < -0.3 is 10.6 Å². The van der Waals surface area contributed by atoms with Crippen LogP contribution in [0.3, 0.4) is 0 Å². The maximum atomic E-state index is 5.60. The van der Waals surface area contributed by atoms with Crippen molar-refractivity contribution >= 4 is 5.96 Å². The van der Waals surface area contributed by atoms with Crippen LogP contribution in [0.4, 0.5) is 0 Å². The molecule has 0 atom stereocenters. The summed E-state index contributed by atoms with van der Waals surface area (Å²) in [6.07, 6.45) is 0. The maximum Gasteiger partial charge on any atom is 0.190 e. The molecule has 2 N–H and O–H groups in total. The number of aliphatic imine (C=N–C) groups is 1. The van der Waals surface area contributed by atoms with Gasteiger partial charge in [0.2, 0.25) is 0 Å². The summed E-state index contributed by atoms with van der Waals surface area (Å²) in [7, 11) is 3.78. The van der Waals surface area contributed by atoms with Crippen LogP contribution in [-0.2, 0) is 0 Å². The molecule has 0 unspecified atom stereocenters. The smallest absolute Gasteiger partial charge is 0.190 e. The Morgan fingerprint density at radius 1 is 1.36 bits per heavy atom. The van der Waals surface area contributed by atoms with E-state index in [0.717, 1.165) is 6.54 Å². The van der Waals surface area contributed by atoms with Crippen LogP contribution < -0.4 is 5.73 Å². The summed E-state index contributed by atoms with van der Waals surface area (Å²) in [6.45, 7) is 7.19. The van der Waals surface area contributed by atoms with Crippen molar-refractivity contribution in [2.75, 3.05) is 20.6 Å². The summed E-state index contributed by atoms with van der Waals surface area (Å²) in [6, 6.07) is 0. The first-order chi connectivity index (χ1) is 4.83. The Kier molecular flexibility index (Phi) is 3.36. The Bertz CT molecular complexity index is 142. The quantitative estimate of drug-likeness (QED) is 0.454. The Labute approximate surface area is 69.3 Å². The zero-order chi connectivity index (χ0) is 9.07. The molecule has 0 aliphatic heterocycles. The standard InChI is InChI=1S/C8H19N3/c1-8(2,3)6-10-7(9)11(4)5/h6H2,1-5H3,(H2,9,10). The van der Waals surface area contributed by atoms with Crippen molar-refractivity contribution in [1.82, 2.24) is 4.90 Å². The zero-order valence-electron chi connectivity index (χ0n) is 8.18. The van der Waals surface area contributed by atoms with Crippen LogP contribution in [0.15, 0.2) is 4.99 Å². The monoisotopic (exact) mass is 157 g/mol. The van der Waals surface area contributed by atoms with Gasteiger partial charge in [0.25, 0.3) is 0 Å². The highest BCUT2D eigenvalue weighted by atomic mass is 15.2. The van der Waals surface area contributed by atoms with E-state index < -0.39 is 0 Å². The lowest BCUT2D eigenvalue weighted by Gasteiger charge is -2.17. The van der Waals surface area contributed by atoms with Crippen LogP contribution in [0.25, 0.3) is 0 Å². The van der Waals surface area contributed by atoms with E-state index in [2.05, 4.69) is 25.8 Å². The molecule has 11 heavy (non-hydrogen) atoms. The molecular weight excluding hydrogens is 138 g/mol. The predicted molar refractivity (Wildman–Crippen MR) is 49.6 cm³/mol. The average Bonchev–Trinajstić information content (AvgIpc) is 1.80. The summed E-state index contributed by atoms with van der Waals surface area (Å²) < 4.78 is 0. The highest BCUT2D eigenvalue weighted by Gasteiger charge is 2.08. The van der Waals surface area contributed by atoms with Gasteiger partial charge in [-0.25, -0.2) is 0 Å². The van der Waals surface area contributed by atoms with Gasteiger partial charge in [0.15, 0.2) is 5.96 Å². The molecule has 0 aromatic heterocycles. The zero-order valence-corrected chi connectivity index (χ0v) is 8.18. The fraction of sp³-hybridized carbons (Fsp3) is 0.875. The van der Waals surface area contributed by atoms with Crippen LogP contribution in [0.2, 0.25) is 0 Å². The Morgan fingerprint density at radius 2 is 1.82 bits per heavy atom. The van der Waals surface area contributed by atoms with E-state index in [9.17, 15) is 0 Å². The molecule has 0 amide bonds. The molecule has 0 aliphatic carbocycles. The third kappa shape index (κ3) is 5.70. The molecule has 0 saturated carbocycles. The maximum absolute atomic E-state index is 5.60. The molecule has 0 aromatic rings. The molecular formula is C8H19N3. The van der Waals surface area contributed by atoms with Gasteiger partial charge in [-0.05, 0) is 5.41 Å². The second kappa shape index (κ2) is 3.60. The number of nitrogens with two attached hydrogens (primary N) is 1. The van der Waals surface area contributed by atoms with E-state index in [1.807, 2.05) is 19.0 Å². The molecule has 0 aromatic carbocycles. The SMILES string of the molecule is CN(C)C(N)=NCC(C)(C)C. The van der Waals surface area contributed by atoms with Crippen molar-refractivity contribution in [2.45, 2.75) is 20.8 Å². The van der Waals surface area contributed by atoms with Crippen LogP contribution in [0.5, 0.6) is 0 Å². The third-order valence-electron chi connectivity index (χ3n) is 1.17. The normalized spacial score (nSPS) is 13.4. The number of nitrogens with zero attached hydrogens (tertiary/aromatic N) is 2. The number of rotatable bonds is 1. The van der Waals surface area contributed by atoms with Crippen LogP contribution in [0, 0.1) is 5.41 Å². The molecule has 0 spiro atoms. The molecule has 3 heteroatoms. The van der Waals surface area contributed by atoms with Crippen LogP contribution in [0.1, 0.15) is 20.8 Å². The van der Waals surface area contributed by atoms with Crippen molar-refractivity contribution < 1.29 is 0 Å². The lowest BCUT2D eigenvalue weighted by Crippen LogP contribution is -2.31. The van der Waals surface area contributed by atoms with E-state index in [1.165, 1.54) is 0 Å². The molecule has 0 radical (unpaired) electrons. The minimum absolute atomic E-state index is 0.223. The summed E-state index contributed by atoms with van der Waals surface area (Å²) >= 11 is 0. The van der Waals surface area contributed by atoms with Gasteiger partial charge in [-0.15, -0.1) is 0 Å². The van der Waals surface area contributed by atoms with E-state index in [-0.39, 0.29) is 5.41 Å². The van der Waals surface area contributed by atoms with E-state index in [4.69, 9.17) is 5.73 Å². The topological polar surface area (TPSA) is 41.6 Å². The van der Waals surface area contributed by atoms with Gasteiger partial charge in [0, 0.05) is 20.6 Å². The first kappa shape index (κ1) is 10.3. The molecule has 0 heterocycles. The molecule has 66 valence electrons. The lowest BCUT2D eigenvalue weighted by atomic mass is 9.97. The van der Waals surface area contributed by atoms with E-state index in [1.54, 1.807) is 0 Å². The molecule has 0 bridgehead atoms. The summed E-state index contributed by atoms with van der Waals surface area (Å²) in [4.78, 5) is 6.03. The van der Waals surface area contributed by atoms with Gasteiger partial charge in [-0.3, -0.25) is 4.99 Å². The fourth-order valence-electron chi connectivity index (χ4n) is 0.460. The molecule has 3 nitrogen and oxygen atoms in total. The van der Waals surface area contributed by atoms with Gasteiger partial charge in [-0.1, -0.05) is 20.8 Å². The average molecular weight is 157 g/mol. The van der Waals surface area contributed by atoms with Crippen molar-refractivity contribution in [3.05, 3.63) is 0 Å². The molecule has 0 saturated heterocycles. The molecule has 0 fully saturated rings. The summed E-state index contributed by atoms with van der Waals surface area (Å²) in [5.41, 5.74) is 5.82. The van der Waals surface area contributed by atoms with Crippen molar-refractivity contribution in [3.8, 4) is 0 Å². The second-order valence-electron chi connectivity index (χ2n) is 4.13. The second-order valence-corrected chi connectivity index (χ2v) is 4.13. The largest absolute Gasteiger partial charge is 0.370 e. The Balaban J connectivity index is 3.93. The van der Waals surface area contributed by atoms with Gasteiger partial charge in [0.1, 0.15) is 0 Å². The molecule has 0 aliphatic rings. The van der Waals surface area contributed by atoms with Gasteiger partial charge >= 0.3 is 0 Å². The van der Waals surface area contributed by atoms with Crippen LogP contribution in [-0.4, -0.2) is 31.5 Å². The predicted octanol–water partition coefficient (Wildman–Crippen LogP) is 0.909. The minimum Gasteiger partial charge on any atom is -0.370 e. The van der Waals surface area contributed by atoms with Crippen molar-refractivity contribution in [1.29, 1.82) is 0 Å². The van der Waals surface area contributed by atoms with E-state index >= 15 is 0 Å². The van der Waals surface area contributed by atoms with Gasteiger partial charge in [-0.2, -0.15) is 0 Å². The Morgan fingerprint density at radius 3 is 2.09 bits per heavy atom. The summed E-state index contributed by atoms with van der Waals surface area (Å²) in [5, 5.41) is 0.